The molecule has 3 N–H and O–H groups in total. The molecule has 0 spiro atoms. The zero-order valence-corrected chi connectivity index (χ0v) is 11.0. The van der Waals surface area contributed by atoms with Gasteiger partial charge in [-0.05, 0) is 35.4 Å². The average Bonchev–Trinajstić information content (AvgIpc) is 2.48. The highest BCUT2D eigenvalue weighted by Crippen LogP contribution is 2.26. The third kappa shape index (κ3) is 3.01. The predicted molar refractivity (Wildman–Crippen MR) is 82.7 cm³/mol. The molecule has 20 heavy (non-hydrogen) atoms. The van der Waals surface area contributed by atoms with Gasteiger partial charge >= 0.3 is 0 Å². The van der Waals surface area contributed by atoms with E-state index in [2.05, 4.69) is 5.23 Å². The maximum Gasteiger partial charge on any atom is 0.214 e. The molecule has 0 aliphatic rings. The van der Waals surface area contributed by atoms with E-state index in [9.17, 15) is 15.0 Å². The number of aldehydes is 1. The zero-order chi connectivity index (χ0) is 14.5. The average molecular weight is 267 g/mol. The molecular weight excluding hydrogens is 253 g/mol. The number of benzene rings is 2. The summed E-state index contributed by atoms with van der Waals surface area (Å²) in [7, 11) is 1.76. The first kappa shape index (κ1) is 13.7. The van der Waals surface area contributed by atoms with Gasteiger partial charge in [0.25, 0.3) is 0 Å². The molecule has 0 aliphatic carbocycles. The lowest BCUT2D eigenvalue weighted by molar-refractivity contribution is 0.112. The van der Waals surface area contributed by atoms with Gasteiger partial charge in [-0.25, -0.2) is 0 Å². The van der Waals surface area contributed by atoms with Crippen molar-refractivity contribution < 1.29 is 15.0 Å². The molecule has 0 saturated heterocycles. The summed E-state index contributed by atoms with van der Waals surface area (Å²) in [6.07, 6.45) is 4.48. The summed E-state index contributed by atoms with van der Waals surface area (Å²) >= 11 is 0. The Bertz CT molecular complexity index is 668. The van der Waals surface area contributed by atoms with Gasteiger partial charge in [-0.1, -0.05) is 24.3 Å². The topological polar surface area (TPSA) is 69.6 Å². The van der Waals surface area contributed by atoms with Gasteiger partial charge < -0.3 is 15.4 Å². The molecule has 0 radical (unpaired) electrons. The third-order valence-electron chi connectivity index (χ3n) is 2.94. The molecule has 5 heteroatoms. The Morgan fingerprint density at radius 3 is 2.20 bits per heavy atom. The highest BCUT2D eigenvalue weighted by atomic mass is 16.3. The van der Waals surface area contributed by atoms with Crippen LogP contribution >= 0.6 is 0 Å². The highest BCUT2D eigenvalue weighted by molar-refractivity contribution is 6.17. The first-order valence-corrected chi connectivity index (χ1v) is 6.11. The SMILES string of the molecule is BNc1cc(/C=C/c2ccc(O)c(O)c2)ccc1C=O. The van der Waals surface area contributed by atoms with Gasteiger partial charge in [0.05, 0.1) is 0 Å². The fourth-order valence-electron chi connectivity index (χ4n) is 1.83. The lowest BCUT2D eigenvalue weighted by atomic mass is 10.1. The summed E-state index contributed by atoms with van der Waals surface area (Å²) < 4.78 is 0. The first-order chi connectivity index (χ1) is 9.63. The molecule has 100 valence electrons. The number of aromatic hydroxyl groups is 2. The Balaban J connectivity index is 2.26. The second kappa shape index (κ2) is 5.97. The molecule has 0 atom stereocenters. The number of hydrogen-bond donors (Lipinski definition) is 3. The second-order valence-electron chi connectivity index (χ2n) is 4.30. The number of rotatable bonds is 4. The number of phenolic OH excluding ortho intramolecular Hbond substituents is 2. The van der Waals surface area contributed by atoms with Crippen LogP contribution in [-0.2, 0) is 0 Å². The number of carbonyl (C=O) groups excluding carboxylic acids is 1. The standard InChI is InChI=1S/C15H14BNO3/c16-17-13-7-10(3-5-12(13)9-18)1-2-11-4-6-14(19)15(20)8-11/h1-9,17,19-20H,16H2/b2-1+. The molecular formula is C15H14BNO3. The minimum absolute atomic E-state index is 0.144. The van der Waals surface area contributed by atoms with Crippen molar-refractivity contribution in [3.63, 3.8) is 0 Å². The van der Waals surface area contributed by atoms with E-state index in [0.717, 1.165) is 23.1 Å². The Kier molecular flexibility index (Phi) is 4.10. The molecule has 0 unspecified atom stereocenters. The van der Waals surface area contributed by atoms with E-state index in [1.807, 2.05) is 24.3 Å². The Morgan fingerprint density at radius 2 is 1.60 bits per heavy atom. The molecule has 2 rings (SSSR count). The monoisotopic (exact) mass is 267 g/mol. The first-order valence-electron chi connectivity index (χ1n) is 6.11. The molecule has 0 aromatic heterocycles. The van der Waals surface area contributed by atoms with Crippen molar-refractivity contribution in [1.29, 1.82) is 0 Å². The van der Waals surface area contributed by atoms with E-state index >= 15 is 0 Å². The quantitative estimate of drug-likeness (QED) is 0.343. The van der Waals surface area contributed by atoms with Crippen LogP contribution in [0, 0.1) is 0 Å². The van der Waals surface area contributed by atoms with E-state index in [-0.39, 0.29) is 11.5 Å². The summed E-state index contributed by atoms with van der Waals surface area (Å²) in [6.45, 7) is 0. The van der Waals surface area contributed by atoms with E-state index in [1.54, 1.807) is 20.1 Å². The Labute approximate surface area is 117 Å². The van der Waals surface area contributed by atoms with Crippen LogP contribution in [0.4, 0.5) is 5.69 Å². The third-order valence-corrected chi connectivity index (χ3v) is 2.94. The molecule has 2 aromatic rings. The summed E-state index contributed by atoms with van der Waals surface area (Å²) in [6, 6.07) is 10.0. The summed E-state index contributed by atoms with van der Waals surface area (Å²) in [5, 5.41) is 21.6. The van der Waals surface area contributed by atoms with Gasteiger partial charge in [0.1, 0.15) is 0 Å². The van der Waals surface area contributed by atoms with Gasteiger partial charge in [0, 0.05) is 11.3 Å². The van der Waals surface area contributed by atoms with Crippen LogP contribution in [0.5, 0.6) is 11.5 Å². The zero-order valence-electron chi connectivity index (χ0n) is 11.0. The lowest BCUT2D eigenvalue weighted by Crippen LogP contribution is -1.96. The van der Waals surface area contributed by atoms with E-state index in [4.69, 9.17) is 0 Å². The van der Waals surface area contributed by atoms with Gasteiger partial charge in [0.15, 0.2) is 17.8 Å². The number of phenols is 2. The Morgan fingerprint density at radius 1 is 0.950 bits per heavy atom. The van der Waals surface area contributed by atoms with Crippen molar-refractivity contribution in [3.05, 3.63) is 53.1 Å². The predicted octanol–water partition coefficient (Wildman–Crippen LogP) is 2.04. The summed E-state index contributed by atoms with van der Waals surface area (Å²) in [5.74, 6) is -0.297. The van der Waals surface area contributed by atoms with Crippen LogP contribution in [0.3, 0.4) is 0 Å². The Hall–Kier alpha value is -2.69. The largest absolute Gasteiger partial charge is 0.504 e. The maximum atomic E-state index is 10.8. The van der Waals surface area contributed by atoms with Crippen LogP contribution in [0.25, 0.3) is 12.2 Å². The molecule has 0 aliphatic heterocycles. The number of hydrogen-bond acceptors (Lipinski definition) is 4. The van der Waals surface area contributed by atoms with Crippen molar-refractivity contribution in [2.75, 3.05) is 5.23 Å². The summed E-state index contributed by atoms with van der Waals surface area (Å²) in [4.78, 5) is 10.8. The minimum atomic E-state index is -0.153. The van der Waals surface area contributed by atoms with Crippen molar-refractivity contribution >= 4 is 32.1 Å². The normalized spacial score (nSPS) is 10.6. The molecule has 0 saturated carbocycles. The minimum Gasteiger partial charge on any atom is -0.504 e. The van der Waals surface area contributed by atoms with Crippen LogP contribution in [0.15, 0.2) is 36.4 Å². The summed E-state index contributed by atoms with van der Waals surface area (Å²) in [5.41, 5.74) is 3.06. The molecule has 0 fully saturated rings. The number of anilines is 1. The molecule has 0 bridgehead atoms. The van der Waals surface area contributed by atoms with Gasteiger partial charge in [0.2, 0.25) is 7.98 Å². The van der Waals surface area contributed by atoms with Crippen molar-refractivity contribution in [2.24, 2.45) is 0 Å². The highest BCUT2D eigenvalue weighted by Gasteiger charge is 2.00. The van der Waals surface area contributed by atoms with Crippen LogP contribution in [-0.4, -0.2) is 24.5 Å². The molecule has 0 heterocycles. The van der Waals surface area contributed by atoms with E-state index < -0.39 is 0 Å². The fraction of sp³-hybridized carbons (Fsp3) is 0. The molecule has 2 aromatic carbocycles. The van der Waals surface area contributed by atoms with Gasteiger partial charge in [-0.3, -0.25) is 4.79 Å². The second-order valence-corrected chi connectivity index (χ2v) is 4.30. The smallest absolute Gasteiger partial charge is 0.214 e. The van der Waals surface area contributed by atoms with Crippen molar-refractivity contribution in [1.82, 2.24) is 0 Å². The van der Waals surface area contributed by atoms with Crippen LogP contribution in [0.2, 0.25) is 0 Å². The van der Waals surface area contributed by atoms with Crippen LogP contribution in [0.1, 0.15) is 21.5 Å². The van der Waals surface area contributed by atoms with Gasteiger partial charge in [-0.15, -0.1) is 0 Å². The maximum absolute atomic E-state index is 10.8. The fourth-order valence-corrected chi connectivity index (χ4v) is 1.83. The van der Waals surface area contributed by atoms with Crippen LogP contribution < -0.4 is 5.23 Å². The van der Waals surface area contributed by atoms with E-state index in [1.165, 1.54) is 12.1 Å². The van der Waals surface area contributed by atoms with E-state index in [0.29, 0.717) is 5.56 Å². The van der Waals surface area contributed by atoms with Crippen molar-refractivity contribution in [3.8, 4) is 11.5 Å². The van der Waals surface area contributed by atoms with Crippen molar-refractivity contribution in [2.45, 2.75) is 0 Å². The number of nitrogens with one attached hydrogen (secondary N) is 1. The lowest BCUT2D eigenvalue weighted by Gasteiger charge is -2.05. The number of carbonyl (C=O) groups is 1. The molecule has 4 nitrogen and oxygen atoms in total. The van der Waals surface area contributed by atoms with Gasteiger partial charge in [-0.2, -0.15) is 0 Å². The molecule has 0 amide bonds.